The molecule has 142 valence electrons. The zero-order chi connectivity index (χ0) is 19.3. The molecule has 0 saturated carbocycles. The zero-order valence-electron chi connectivity index (χ0n) is 13.8. The summed E-state index contributed by atoms with van der Waals surface area (Å²) in [6, 6.07) is 3.46. The van der Waals surface area contributed by atoms with Crippen molar-refractivity contribution in [1.29, 1.82) is 0 Å². The number of nitrogens with one attached hydrogen (secondary N) is 1. The first kappa shape index (κ1) is 19.1. The molecule has 8 nitrogen and oxygen atoms in total. The van der Waals surface area contributed by atoms with Gasteiger partial charge in [0, 0.05) is 11.6 Å². The summed E-state index contributed by atoms with van der Waals surface area (Å²) in [7, 11) is -7.00. The van der Waals surface area contributed by atoms with Crippen LogP contribution in [0.25, 0.3) is 0 Å². The van der Waals surface area contributed by atoms with E-state index in [0.29, 0.717) is 10.7 Å². The molecular formula is C15H17ClN2O6S2. The summed E-state index contributed by atoms with van der Waals surface area (Å²) in [5.41, 5.74) is 0.0176. The lowest BCUT2D eigenvalue weighted by Gasteiger charge is -2.18. The van der Waals surface area contributed by atoms with E-state index in [-0.39, 0.29) is 33.5 Å². The number of hydrogen-bond acceptors (Lipinski definition) is 6. The van der Waals surface area contributed by atoms with Gasteiger partial charge in [-0.15, -0.1) is 0 Å². The van der Waals surface area contributed by atoms with Crippen LogP contribution in [-0.2, 0) is 24.7 Å². The van der Waals surface area contributed by atoms with Crippen molar-refractivity contribution in [3.63, 3.8) is 0 Å². The topological polar surface area (TPSA) is 118 Å². The molecule has 2 aliphatic heterocycles. The van der Waals surface area contributed by atoms with Crippen molar-refractivity contribution in [3.8, 4) is 0 Å². The number of sulfonamides is 1. The van der Waals surface area contributed by atoms with Crippen LogP contribution in [0.4, 0.5) is 5.69 Å². The maximum absolute atomic E-state index is 12.4. The van der Waals surface area contributed by atoms with Gasteiger partial charge in [0.25, 0.3) is 5.91 Å². The maximum Gasteiger partial charge on any atom is 0.251 e. The minimum Gasteiger partial charge on any atom is -0.348 e. The fourth-order valence-corrected chi connectivity index (χ4v) is 6.81. The number of nitrogens with zero attached hydrogens (tertiary/aromatic N) is 1. The Morgan fingerprint density at radius 3 is 2.46 bits per heavy atom. The number of sulfone groups is 1. The molecule has 1 N–H and O–H groups in total. The summed E-state index contributed by atoms with van der Waals surface area (Å²) in [5, 5.41) is 2.64. The third kappa shape index (κ3) is 3.58. The van der Waals surface area contributed by atoms with Crippen molar-refractivity contribution in [3.05, 3.63) is 28.8 Å². The van der Waals surface area contributed by atoms with E-state index >= 15 is 0 Å². The highest BCUT2D eigenvalue weighted by atomic mass is 35.5. The summed E-state index contributed by atoms with van der Waals surface area (Å²) in [6.07, 6.45) is 0.324. The predicted molar refractivity (Wildman–Crippen MR) is 96.4 cm³/mol. The van der Waals surface area contributed by atoms with Gasteiger partial charge < -0.3 is 5.32 Å². The first-order valence-corrected chi connectivity index (χ1v) is 11.7. The summed E-state index contributed by atoms with van der Waals surface area (Å²) in [6.45, 7) is 1.50. The molecule has 3 rings (SSSR count). The number of carbonyl (C=O) groups excluding carboxylic acids is 2. The average molecular weight is 421 g/mol. The molecule has 2 amide bonds. The lowest BCUT2D eigenvalue weighted by atomic mass is 10.1. The highest BCUT2D eigenvalue weighted by Gasteiger charge is 2.43. The van der Waals surface area contributed by atoms with Crippen LogP contribution in [-0.4, -0.2) is 52.0 Å². The van der Waals surface area contributed by atoms with Gasteiger partial charge in [-0.1, -0.05) is 18.5 Å². The van der Waals surface area contributed by atoms with E-state index in [1.165, 1.54) is 25.1 Å². The molecule has 2 atom stereocenters. The standard InChI is InChI=1S/C15H17ClN2O6S2/c1-9-7-26(23,24)18(15(9)20)13-6-10(2-3-12(13)16)14(19)17-11-4-5-25(21,22)8-11/h2-3,6,9,11H,4-5,7-8H2,1H3,(H,17,19). The fourth-order valence-electron chi connectivity index (χ4n) is 3.05. The summed E-state index contributed by atoms with van der Waals surface area (Å²) >= 11 is 6.06. The highest BCUT2D eigenvalue weighted by molar-refractivity contribution is 7.94. The molecule has 26 heavy (non-hydrogen) atoms. The van der Waals surface area contributed by atoms with Gasteiger partial charge in [-0.05, 0) is 24.6 Å². The highest BCUT2D eigenvalue weighted by Crippen LogP contribution is 2.34. The third-order valence-electron chi connectivity index (χ3n) is 4.36. The Morgan fingerprint density at radius 2 is 1.92 bits per heavy atom. The minimum atomic E-state index is -3.85. The van der Waals surface area contributed by atoms with Gasteiger partial charge in [-0.3, -0.25) is 9.59 Å². The van der Waals surface area contributed by atoms with Gasteiger partial charge in [0.05, 0.1) is 33.9 Å². The van der Waals surface area contributed by atoms with Crippen molar-refractivity contribution >= 4 is 49.0 Å². The average Bonchev–Trinajstić information content (AvgIpc) is 2.96. The molecule has 0 bridgehead atoms. The van der Waals surface area contributed by atoms with E-state index in [4.69, 9.17) is 11.6 Å². The van der Waals surface area contributed by atoms with E-state index in [2.05, 4.69) is 5.32 Å². The smallest absolute Gasteiger partial charge is 0.251 e. The SMILES string of the molecule is CC1CS(=O)(=O)N(c2cc(C(=O)NC3CCS(=O)(=O)C3)ccc2Cl)C1=O. The van der Waals surface area contributed by atoms with Crippen LogP contribution >= 0.6 is 11.6 Å². The van der Waals surface area contributed by atoms with Gasteiger partial charge in [-0.25, -0.2) is 21.1 Å². The number of rotatable bonds is 3. The Balaban J connectivity index is 1.89. The Kier molecular flexibility index (Phi) is 4.78. The first-order chi connectivity index (χ1) is 12.0. The van der Waals surface area contributed by atoms with Gasteiger partial charge in [0.1, 0.15) is 0 Å². The van der Waals surface area contributed by atoms with Gasteiger partial charge in [0.2, 0.25) is 15.9 Å². The van der Waals surface area contributed by atoms with Crippen LogP contribution in [0.5, 0.6) is 0 Å². The molecule has 2 saturated heterocycles. The lowest BCUT2D eigenvalue weighted by molar-refractivity contribution is -0.119. The monoisotopic (exact) mass is 420 g/mol. The molecule has 0 spiro atoms. The van der Waals surface area contributed by atoms with Crippen LogP contribution in [0.3, 0.4) is 0 Å². The molecule has 2 heterocycles. The molecule has 2 unspecified atom stereocenters. The minimum absolute atomic E-state index is 0.0161. The van der Waals surface area contributed by atoms with E-state index in [1.807, 2.05) is 0 Å². The molecule has 0 radical (unpaired) electrons. The number of carbonyl (C=O) groups is 2. The second-order valence-electron chi connectivity index (χ2n) is 6.52. The van der Waals surface area contributed by atoms with E-state index in [1.54, 1.807) is 0 Å². The number of hydrogen-bond donors (Lipinski definition) is 1. The van der Waals surface area contributed by atoms with Crippen molar-refractivity contribution in [2.75, 3.05) is 21.6 Å². The molecule has 11 heteroatoms. The Labute approximate surface area is 156 Å². The van der Waals surface area contributed by atoms with Crippen molar-refractivity contribution in [1.82, 2.24) is 5.32 Å². The molecular weight excluding hydrogens is 404 g/mol. The van der Waals surface area contributed by atoms with Crippen molar-refractivity contribution in [2.24, 2.45) is 5.92 Å². The number of anilines is 1. The molecule has 2 fully saturated rings. The molecule has 2 aliphatic rings. The summed E-state index contributed by atoms with van der Waals surface area (Å²) in [5.74, 6) is -2.29. The fraction of sp³-hybridized carbons (Fsp3) is 0.467. The molecule has 1 aromatic rings. The normalized spacial score (nSPS) is 26.8. The Bertz CT molecular complexity index is 989. The van der Waals surface area contributed by atoms with Crippen LogP contribution in [0.15, 0.2) is 18.2 Å². The third-order valence-corrected chi connectivity index (χ3v) is 8.30. The molecule has 0 aromatic heterocycles. The summed E-state index contributed by atoms with van der Waals surface area (Å²) in [4.78, 5) is 24.6. The van der Waals surface area contributed by atoms with Crippen LogP contribution in [0.1, 0.15) is 23.7 Å². The largest absolute Gasteiger partial charge is 0.348 e. The van der Waals surface area contributed by atoms with Gasteiger partial charge >= 0.3 is 0 Å². The van der Waals surface area contributed by atoms with Crippen molar-refractivity contribution < 1.29 is 26.4 Å². The lowest BCUT2D eigenvalue weighted by Crippen LogP contribution is -2.36. The number of halogens is 1. The van der Waals surface area contributed by atoms with Crippen LogP contribution in [0.2, 0.25) is 5.02 Å². The molecule has 0 aliphatic carbocycles. The summed E-state index contributed by atoms with van der Waals surface area (Å²) < 4.78 is 48.1. The number of amides is 2. The second kappa shape index (κ2) is 6.50. The van der Waals surface area contributed by atoms with E-state index in [0.717, 1.165) is 0 Å². The van der Waals surface area contributed by atoms with Crippen molar-refractivity contribution in [2.45, 2.75) is 19.4 Å². The Hall–Kier alpha value is -1.65. The van der Waals surface area contributed by atoms with Crippen LogP contribution in [0, 0.1) is 5.92 Å². The maximum atomic E-state index is 12.4. The Morgan fingerprint density at radius 1 is 1.23 bits per heavy atom. The van der Waals surface area contributed by atoms with E-state index < -0.39 is 43.6 Å². The number of benzene rings is 1. The second-order valence-corrected chi connectivity index (χ2v) is 11.0. The van der Waals surface area contributed by atoms with Gasteiger partial charge in [-0.2, -0.15) is 0 Å². The van der Waals surface area contributed by atoms with E-state index in [9.17, 15) is 26.4 Å². The predicted octanol–water partition coefficient (Wildman–Crippen LogP) is 0.569. The molecule has 1 aromatic carbocycles. The quantitative estimate of drug-likeness (QED) is 0.763. The zero-order valence-corrected chi connectivity index (χ0v) is 16.2. The first-order valence-electron chi connectivity index (χ1n) is 7.88. The van der Waals surface area contributed by atoms with Gasteiger partial charge in [0.15, 0.2) is 9.84 Å². The van der Waals surface area contributed by atoms with Crippen LogP contribution < -0.4 is 9.62 Å².